The van der Waals surface area contributed by atoms with Crippen molar-refractivity contribution in [2.24, 2.45) is 11.7 Å². The number of nitrogens with zero attached hydrogens (tertiary/aromatic N) is 4. The maximum Gasteiger partial charge on any atom is 0.312 e. The van der Waals surface area contributed by atoms with Crippen LogP contribution in [0, 0.1) is 29.9 Å². The van der Waals surface area contributed by atoms with Crippen molar-refractivity contribution in [3.8, 4) is 0 Å². The monoisotopic (exact) mass is 361 g/mol. The lowest BCUT2D eigenvalue weighted by atomic mass is 10.0. The highest BCUT2D eigenvalue weighted by molar-refractivity contribution is 5.85. The number of aryl methyl sites for hydroxylation is 2. The van der Waals surface area contributed by atoms with Gasteiger partial charge in [0.25, 0.3) is 0 Å². The number of amides is 1. The van der Waals surface area contributed by atoms with Crippen LogP contribution in [0.5, 0.6) is 0 Å². The Morgan fingerprint density at radius 2 is 2.00 bits per heavy atom. The quantitative estimate of drug-likeness (QED) is 0.563. The zero-order valence-corrected chi connectivity index (χ0v) is 15.8. The van der Waals surface area contributed by atoms with Gasteiger partial charge in [-0.15, -0.1) is 12.4 Å². The van der Waals surface area contributed by atoms with E-state index < -0.39 is 4.92 Å². The Morgan fingerprint density at radius 1 is 1.42 bits per heavy atom. The SMILES string of the molecule is Cc1nn(CCC(=O)N(C)CCC(N)C(C)C)c(C)c1[N+](=O)[O-].Cl. The fourth-order valence-electron chi connectivity index (χ4n) is 2.36. The van der Waals surface area contributed by atoms with Gasteiger partial charge in [0.1, 0.15) is 11.4 Å². The summed E-state index contributed by atoms with van der Waals surface area (Å²) in [5.41, 5.74) is 6.85. The van der Waals surface area contributed by atoms with Crippen molar-refractivity contribution >= 4 is 24.0 Å². The Morgan fingerprint density at radius 3 is 2.46 bits per heavy atom. The Kier molecular flexibility index (Phi) is 8.92. The molecule has 24 heavy (non-hydrogen) atoms. The summed E-state index contributed by atoms with van der Waals surface area (Å²) < 4.78 is 1.53. The molecule has 1 unspecified atom stereocenters. The number of aromatic nitrogens is 2. The van der Waals surface area contributed by atoms with Crippen molar-refractivity contribution in [2.75, 3.05) is 13.6 Å². The van der Waals surface area contributed by atoms with Gasteiger partial charge in [-0.25, -0.2) is 0 Å². The Balaban J connectivity index is 0.00000529. The number of nitrogens with two attached hydrogens (primary N) is 1. The summed E-state index contributed by atoms with van der Waals surface area (Å²) in [4.78, 5) is 24.3. The predicted octanol–water partition coefficient (Wildman–Crippen LogP) is 2.05. The lowest BCUT2D eigenvalue weighted by Crippen LogP contribution is -2.35. The van der Waals surface area contributed by atoms with Crippen LogP contribution in [0.1, 0.15) is 38.1 Å². The van der Waals surface area contributed by atoms with Gasteiger partial charge in [-0.05, 0) is 26.2 Å². The van der Waals surface area contributed by atoms with Crippen LogP contribution in [0.25, 0.3) is 0 Å². The second kappa shape index (κ2) is 9.58. The van der Waals surface area contributed by atoms with Gasteiger partial charge in [0, 0.05) is 26.1 Å². The molecule has 0 aromatic carbocycles. The average Bonchev–Trinajstić information content (AvgIpc) is 2.75. The smallest absolute Gasteiger partial charge is 0.312 e. The van der Waals surface area contributed by atoms with E-state index in [1.165, 1.54) is 4.68 Å². The number of nitro groups is 1. The molecule has 2 N–H and O–H groups in total. The maximum atomic E-state index is 12.1. The van der Waals surface area contributed by atoms with Gasteiger partial charge in [0.2, 0.25) is 5.91 Å². The minimum absolute atomic E-state index is 0. The fraction of sp³-hybridized carbons (Fsp3) is 0.733. The molecule has 1 atom stereocenters. The van der Waals surface area contributed by atoms with Crippen molar-refractivity contribution in [2.45, 2.75) is 53.1 Å². The predicted molar refractivity (Wildman–Crippen MR) is 95.3 cm³/mol. The molecule has 8 nitrogen and oxygen atoms in total. The second-order valence-electron chi connectivity index (χ2n) is 6.26. The summed E-state index contributed by atoms with van der Waals surface area (Å²) in [5.74, 6) is 0.366. The van der Waals surface area contributed by atoms with E-state index in [9.17, 15) is 14.9 Å². The molecule has 0 aliphatic rings. The Labute approximate surface area is 148 Å². The van der Waals surface area contributed by atoms with E-state index >= 15 is 0 Å². The summed E-state index contributed by atoms with van der Waals surface area (Å²) in [6.07, 6.45) is 1.01. The molecule has 0 bridgehead atoms. The molecule has 0 aliphatic carbocycles. The summed E-state index contributed by atoms with van der Waals surface area (Å²) in [6.45, 7) is 8.30. The third-order valence-corrected chi connectivity index (χ3v) is 4.14. The zero-order chi connectivity index (χ0) is 17.7. The van der Waals surface area contributed by atoms with Gasteiger partial charge >= 0.3 is 5.69 Å². The molecule has 0 spiro atoms. The van der Waals surface area contributed by atoms with Crippen LogP contribution in [-0.2, 0) is 11.3 Å². The van der Waals surface area contributed by atoms with Crippen LogP contribution in [0.4, 0.5) is 5.69 Å². The molecule has 9 heteroatoms. The molecule has 0 saturated heterocycles. The van der Waals surface area contributed by atoms with Gasteiger partial charge < -0.3 is 10.6 Å². The summed E-state index contributed by atoms with van der Waals surface area (Å²) in [5, 5.41) is 15.1. The molecule has 0 fully saturated rings. The van der Waals surface area contributed by atoms with Crippen LogP contribution in [0.15, 0.2) is 0 Å². The van der Waals surface area contributed by atoms with E-state index in [-0.39, 0.29) is 36.5 Å². The highest BCUT2D eigenvalue weighted by atomic mass is 35.5. The van der Waals surface area contributed by atoms with Gasteiger partial charge in [0.15, 0.2) is 0 Å². The number of carbonyl (C=O) groups excluding carboxylic acids is 1. The molecule has 0 aliphatic heterocycles. The standard InChI is InChI=1S/C15H27N5O3.ClH/c1-10(2)13(16)6-8-18(5)14(21)7-9-19-12(4)15(20(22)23)11(3)17-19;/h10,13H,6-9,16H2,1-5H3;1H. The number of carbonyl (C=O) groups is 1. The van der Waals surface area contributed by atoms with E-state index in [0.29, 0.717) is 30.4 Å². The lowest BCUT2D eigenvalue weighted by molar-refractivity contribution is -0.386. The van der Waals surface area contributed by atoms with Crippen LogP contribution in [0.3, 0.4) is 0 Å². The molecule has 1 aromatic rings. The first-order valence-corrected chi connectivity index (χ1v) is 7.83. The van der Waals surface area contributed by atoms with Crippen molar-refractivity contribution in [1.29, 1.82) is 0 Å². The lowest BCUT2D eigenvalue weighted by Gasteiger charge is -2.21. The molecule has 1 rings (SSSR count). The van der Waals surface area contributed by atoms with Crippen molar-refractivity contribution in [1.82, 2.24) is 14.7 Å². The first-order chi connectivity index (χ1) is 10.6. The van der Waals surface area contributed by atoms with E-state index in [4.69, 9.17) is 5.73 Å². The van der Waals surface area contributed by atoms with Gasteiger partial charge in [-0.1, -0.05) is 13.8 Å². The van der Waals surface area contributed by atoms with Gasteiger partial charge in [0.05, 0.1) is 11.5 Å². The first kappa shape index (κ1) is 22.3. The van der Waals surface area contributed by atoms with Crippen LogP contribution >= 0.6 is 12.4 Å². The molecular formula is C15H28ClN5O3. The minimum atomic E-state index is -0.435. The number of hydrogen-bond donors (Lipinski definition) is 1. The van der Waals surface area contributed by atoms with Gasteiger partial charge in [-0.2, -0.15) is 5.10 Å². The topological polar surface area (TPSA) is 107 Å². The van der Waals surface area contributed by atoms with E-state index in [1.54, 1.807) is 25.8 Å². The Bertz CT molecular complexity index is 574. The maximum absolute atomic E-state index is 12.1. The molecule has 1 aromatic heterocycles. The average molecular weight is 362 g/mol. The molecule has 0 saturated carbocycles. The van der Waals surface area contributed by atoms with E-state index in [2.05, 4.69) is 18.9 Å². The van der Waals surface area contributed by atoms with Crippen molar-refractivity contribution < 1.29 is 9.72 Å². The molecule has 0 radical (unpaired) electrons. The fourth-order valence-corrected chi connectivity index (χ4v) is 2.36. The summed E-state index contributed by atoms with van der Waals surface area (Å²) in [6, 6.07) is 0.0731. The normalized spacial score (nSPS) is 12.0. The number of hydrogen-bond acceptors (Lipinski definition) is 5. The third-order valence-electron chi connectivity index (χ3n) is 4.14. The van der Waals surface area contributed by atoms with E-state index in [0.717, 1.165) is 6.42 Å². The van der Waals surface area contributed by atoms with Crippen molar-refractivity contribution in [3.63, 3.8) is 0 Å². The van der Waals surface area contributed by atoms with Gasteiger partial charge in [-0.3, -0.25) is 19.6 Å². The molecule has 1 amide bonds. The number of rotatable bonds is 8. The third kappa shape index (κ3) is 5.76. The summed E-state index contributed by atoms with van der Waals surface area (Å²) in [7, 11) is 1.75. The molecule has 1 heterocycles. The minimum Gasteiger partial charge on any atom is -0.346 e. The van der Waals surface area contributed by atoms with E-state index in [1.807, 2.05) is 0 Å². The zero-order valence-electron chi connectivity index (χ0n) is 15.0. The Hall–Kier alpha value is -1.67. The number of halogens is 1. The van der Waals surface area contributed by atoms with Crippen molar-refractivity contribution in [3.05, 3.63) is 21.5 Å². The molecule has 138 valence electrons. The largest absolute Gasteiger partial charge is 0.346 e. The van der Waals surface area contributed by atoms with Crippen LogP contribution < -0.4 is 5.73 Å². The first-order valence-electron chi connectivity index (χ1n) is 7.83. The van der Waals surface area contributed by atoms with Crippen LogP contribution in [0.2, 0.25) is 0 Å². The highest BCUT2D eigenvalue weighted by Crippen LogP contribution is 2.21. The summed E-state index contributed by atoms with van der Waals surface area (Å²) >= 11 is 0. The van der Waals surface area contributed by atoms with Crippen LogP contribution in [-0.4, -0.2) is 45.1 Å². The molecular weight excluding hydrogens is 334 g/mol. The second-order valence-corrected chi connectivity index (χ2v) is 6.26. The highest BCUT2D eigenvalue weighted by Gasteiger charge is 2.22.